The molecule has 0 radical (unpaired) electrons. The SMILES string of the molecule is CC(NC(=O)c1ccc(=O)n(C)c1)c1ccccn1. The lowest BCUT2D eigenvalue weighted by molar-refractivity contribution is 0.0938. The number of carbonyl (C=O) groups is 1. The number of aryl methyl sites for hydroxylation is 1. The number of hydrogen-bond donors (Lipinski definition) is 1. The number of hydrogen-bond acceptors (Lipinski definition) is 3. The van der Waals surface area contributed by atoms with Crippen LogP contribution in [0, 0.1) is 0 Å². The maximum absolute atomic E-state index is 12.0. The Labute approximate surface area is 110 Å². The summed E-state index contributed by atoms with van der Waals surface area (Å²) in [4.78, 5) is 27.5. The molecule has 98 valence electrons. The second-order valence-electron chi connectivity index (χ2n) is 4.32. The summed E-state index contributed by atoms with van der Waals surface area (Å²) in [5, 5.41) is 2.84. The number of nitrogens with zero attached hydrogens (tertiary/aromatic N) is 2. The van der Waals surface area contributed by atoms with Gasteiger partial charge in [-0.2, -0.15) is 0 Å². The minimum Gasteiger partial charge on any atom is -0.344 e. The lowest BCUT2D eigenvalue weighted by Crippen LogP contribution is -2.28. The van der Waals surface area contributed by atoms with Gasteiger partial charge in [-0.05, 0) is 25.1 Å². The van der Waals surface area contributed by atoms with E-state index in [0.717, 1.165) is 5.69 Å². The molecule has 1 N–H and O–H groups in total. The smallest absolute Gasteiger partial charge is 0.253 e. The normalized spacial score (nSPS) is 11.9. The fourth-order valence-electron chi connectivity index (χ4n) is 1.71. The van der Waals surface area contributed by atoms with Crippen molar-refractivity contribution in [3.8, 4) is 0 Å². The van der Waals surface area contributed by atoms with Crippen LogP contribution < -0.4 is 10.9 Å². The first-order valence-electron chi connectivity index (χ1n) is 5.96. The summed E-state index contributed by atoms with van der Waals surface area (Å²) in [5.74, 6) is -0.228. The maximum Gasteiger partial charge on any atom is 0.253 e. The summed E-state index contributed by atoms with van der Waals surface area (Å²) in [6, 6.07) is 8.25. The summed E-state index contributed by atoms with van der Waals surface area (Å²) in [6.45, 7) is 1.86. The first kappa shape index (κ1) is 13.0. The minimum absolute atomic E-state index is 0.144. The molecule has 2 aromatic rings. The average molecular weight is 257 g/mol. The predicted octanol–water partition coefficient (Wildman–Crippen LogP) is 1.27. The number of carbonyl (C=O) groups excluding carboxylic acids is 1. The van der Waals surface area contributed by atoms with Gasteiger partial charge in [-0.1, -0.05) is 6.07 Å². The fourth-order valence-corrected chi connectivity index (χ4v) is 1.71. The predicted molar refractivity (Wildman–Crippen MR) is 71.8 cm³/mol. The summed E-state index contributed by atoms with van der Waals surface area (Å²) in [5.41, 5.74) is 1.10. The number of pyridine rings is 2. The van der Waals surface area contributed by atoms with Crippen LogP contribution >= 0.6 is 0 Å². The van der Waals surface area contributed by atoms with Crippen molar-refractivity contribution in [2.24, 2.45) is 7.05 Å². The Bertz CT molecular complexity index is 635. The zero-order valence-electron chi connectivity index (χ0n) is 10.8. The molecule has 5 heteroatoms. The Morgan fingerprint density at radius 3 is 2.74 bits per heavy atom. The molecule has 1 atom stereocenters. The van der Waals surface area contributed by atoms with Gasteiger partial charge in [0.15, 0.2) is 0 Å². The van der Waals surface area contributed by atoms with E-state index in [4.69, 9.17) is 0 Å². The van der Waals surface area contributed by atoms with Crippen LogP contribution in [0.25, 0.3) is 0 Å². The van der Waals surface area contributed by atoms with E-state index in [1.54, 1.807) is 13.2 Å². The summed E-state index contributed by atoms with van der Waals surface area (Å²) < 4.78 is 1.38. The van der Waals surface area contributed by atoms with Crippen LogP contribution in [0.15, 0.2) is 47.5 Å². The molecule has 0 aliphatic heterocycles. The molecule has 0 bridgehead atoms. The van der Waals surface area contributed by atoms with Gasteiger partial charge >= 0.3 is 0 Å². The molecular formula is C14H15N3O2. The molecular weight excluding hydrogens is 242 g/mol. The van der Waals surface area contributed by atoms with Gasteiger partial charge in [0, 0.05) is 25.5 Å². The molecule has 2 rings (SSSR count). The van der Waals surface area contributed by atoms with Crippen molar-refractivity contribution in [3.63, 3.8) is 0 Å². The quantitative estimate of drug-likeness (QED) is 0.900. The van der Waals surface area contributed by atoms with Crippen molar-refractivity contribution in [2.75, 3.05) is 0 Å². The lowest BCUT2D eigenvalue weighted by Gasteiger charge is -2.13. The van der Waals surface area contributed by atoms with Gasteiger partial charge in [-0.3, -0.25) is 14.6 Å². The topological polar surface area (TPSA) is 64.0 Å². The molecule has 1 amide bonds. The monoisotopic (exact) mass is 257 g/mol. The highest BCUT2D eigenvalue weighted by atomic mass is 16.2. The number of nitrogens with one attached hydrogen (secondary N) is 1. The third-order valence-corrected chi connectivity index (χ3v) is 2.83. The van der Waals surface area contributed by atoms with Gasteiger partial charge in [0.2, 0.25) is 5.56 Å². The van der Waals surface area contributed by atoms with Gasteiger partial charge in [-0.25, -0.2) is 0 Å². The molecule has 1 unspecified atom stereocenters. The molecule has 0 aliphatic rings. The molecule has 19 heavy (non-hydrogen) atoms. The van der Waals surface area contributed by atoms with Crippen molar-refractivity contribution >= 4 is 5.91 Å². The molecule has 0 aromatic carbocycles. The lowest BCUT2D eigenvalue weighted by atomic mass is 10.2. The van der Waals surface area contributed by atoms with Crippen LogP contribution in [0.3, 0.4) is 0 Å². The van der Waals surface area contributed by atoms with Crippen molar-refractivity contribution in [2.45, 2.75) is 13.0 Å². The van der Waals surface area contributed by atoms with E-state index >= 15 is 0 Å². The first-order chi connectivity index (χ1) is 9.08. The van der Waals surface area contributed by atoms with Gasteiger partial charge in [0.1, 0.15) is 0 Å². The van der Waals surface area contributed by atoms with Crippen molar-refractivity contribution < 1.29 is 4.79 Å². The molecule has 0 aliphatic carbocycles. The third kappa shape index (κ3) is 3.07. The maximum atomic E-state index is 12.0. The van der Waals surface area contributed by atoms with Crippen LogP contribution in [0.2, 0.25) is 0 Å². The summed E-state index contributed by atoms with van der Waals surface area (Å²) in [7, 11) is 1.61. The van der Waals surface area contributed by atoms with Crippen LogP contribution in [0.5, 0.6) is 0 Å². The molecule has 0 saturated heterocycles. The average Bonchev–Trinajstić information content (AvgIpc) is 2.42. The highest BCUT2D eigenvalue weighted by molar-refractivity contribution is 5.94. The Hall–Kier alpha value is -2.43. The molecule has 2 aromatic heterocycles. The highest BCUT2D eigenvalue weighted by Gasteiger charge is 2.12. The van der Waals surface area contributed by atoms with E-state index in [2.05, 4.69) is 10.3 Å². The third-order valence-electron chi connectivity index (χ3n) is 2.83. The Kier molecular flexibility index (Phi) is 3.75. The van der Waals surface area contributed by atoms with Crippen molar-refractivity contribution in [3.05, 3.63) is 64.3 Å². The van der Waals surface area contributed by atoms with E-state index in [-0.39, 0.29) is 17.5 Å². The van der Waals surface area contributed by atoms with Gasteiger partial charge in [0.05, 0.1) is 17.3 Å². The van der Waals surface area contributed by atoms with Crippen LogP contribution in [-0.2, 0) is 7.05 Å². The van der Waals surface area contributed by atoms with E-state index in [9.17, 15) is 9.59 Å². The molecule has 2 heterocycles. The zero-order chi connectivity index (χ0) is 13.8. The Morgan fingerprint density at radius 1 is 1.32 bits per heavy atom. The van der Waals surface area contributed by atoms with E-state index < -0.39 is 0 Å². The fraction of sp³-hybridized carbons (Fsp3) is 0.214. The van der Waals surface area contributed by atoms with Crippen molar-refractivity contribution in [1.82, 2.24) is 14.9 Å². The van der Waals surface area contributed by atoms with Crippen molar-refractivity contribution in [1.29, 1.82) is 0 Å². The zero-order valence-corrected chi connectivity index (χ0v) is 10.8. The Morgan fingerprint density at radius 2 is 2.11 bits per heavy atom. The number of amides is 1. The summed E-state index contributed by atoms with van der Waals surface area (Å²) >= 11 is 0. The molecule has 0 saturated carbocycles. The van der Waals surface area contributed by atoms with Crippen LogP contribution in [0.1, 0.15) is 29.0 Å². The first-order valence-corrected chi connectivity index (χ1v) is 5.96. The molecule has 0 fully saturated rings. The minimum atomic E-state index is -0.228. The van der Waals surface area contributed by atoms with Crippen LogP contribution in [0.4, 0.5) is 0 Å². The van der Waals surface area contributed by atoms with E-state index in [1.807, 2.05) is 25.1 Å². The highest BCUT2D eigenvalue weighted by Crippen LogP contribution is 2.09. The Balaban J connectivity index is 2.13. The molecule has 5 nitrogen and oxygen atoms in total. The second kappa shape index (κ2) is 5.48. The van der Waals surface area contributed by atoms with E-state index in [0.29, 0.717) is 5.56 Å². The largest absolute Gasteiger partial charge is 0.344 e. The van der Waals surface area contributed by atoms with Gasteiger partial charge in [0.25, 0.3) is 5.91 Å². The number of aromatic nitrogens is 2. The van der Waals surface area contributed by atoms with Gasteiger partial charge < -0.3 is 9.88 Å². The summed E-state index contributed by atoms with van der Waals surface area (Å²) in [6.07, 6.45) is 3.20. The van der Waals surface area contributed by atoms with Gasteiger partial charge in [-0.15, -0.1) is 0 Å². The molecule has 0 spiro atoms. The van der Waals surface area contributed by atoms with E-state index in [1.165, 1.54) is 22.9 Å². The standard InChI is InChI=1S/C14H15N3O2/c1-10(12-5-3-4-8-15-12)16-14(19)11-6-7-13(18)17(2)9-11/h3-10H,1-2H3,(H,16,19). The number of rotatable bonds is 3. The second-order valence-corrected chi connectivity index (χ2v) is 4.32. The van der Waals surface area contributed by atoms with Crippen LogP contribution in [-0.4, -0.2) is 15.5 Å².